The van der Waals surface area contributed by atoms with E-state index in [1.165, 1.54) is 19.9 Å². The molecule has 19 heavy (non-hydrogen) atoms. The van der Waals surface area contributed by atoms with Gasteiger partial charge in [0, 0.05) is 0 Å². The van der Waals surface area contributed by atoms with E-state index in [1.54, 1.807) is 0 Å². The van der Waals surface area contributed by atoms with Crippen LogP contribution in [0.25, 0.3) is 0 Å². The third-order valence-electron chi connectivity index (χ3n) is 2.23. The fourth-order valence-electron chi connectivity index (χ4n) is 1.43. The molecule has 1 amide bonds. The summed E-state index contributed by atoms with van der Waals surface area (Å²) in [6.45, 7) is 2.79. The van der Waals surface area contributed by atoms with Crippen LogP contribution in [0.3, 0.4) is 0 Å². The van der Waals surface area contributed by atoms with Gasteiger partial charge in [0.15, 0.2) is 0 Å². The molecule has 0 fully saturated rings. The van der Waals surface area contributed by atoms with Gasteiger partial charge in [-0.2, -0.15) is 8.42 Å². The summed E-state index contributed by atoms with van der Waals surface area (Å²) < 4.78 is 30.9. The number of nitrogens with one attached hydrogen (secondary N) is 1. The van der Waals surface area contributed by atoms with Gasteiger partial charge >= 0.3 is 0 Å². The number of Topliss-reactive ketones (excluding diaryl/α,β-unsaturated/α-hetero) is 1. The van der Waals surface area contributed by atoms with Crippen molar-refractivity contribution in [2.45, 2.75) is 25.2 Å². The SMILES string of the molecule is CC(=O)CC(=O)Nc1c(C)cc(S(=O)(=O)O)cc1Cl. The molecule has 104 valence electrons. The van der Waals surface area contributed by atoms with E-state index in [1.807, 2.05) is 0 Å². The van der Waals surface area contributed by atoms with Crippen molar-refractivity contribution >= 4 is 39.1 Å². The van der Waals surface area contributed by atoms with Gasteiger partial charge in [0.2, 0.25) is 5.91 Å². The molecule has 0 bridgehead atoms. The van der Waals surface area contributed by atoms with Crippen LogP contribution in [-0.4, -0.2) is 24.7 Å². The van der Waals surface area contributed by atoms with Crippen molar-refractivity contribution in [3.05, 3.63) is 22.7 Å². The predicted octanol–water partition coefficient (Wildman–Crippen LogP) is 1.81. The molecule has 8 heteroatoms. The predicted molar refractivity (Wildman–Crippen MR) is 69.9 cm³/mol. The number of carbonyl (C=O) groups excluding carboxylic acids is 2. The number of aryl methyl sites for hydroxylation is 1. The first kappa shape index (κ1) is 15.6. The maximum atomic E-state index is 11.5. The minimum atomic E-state index is -4.36. The molecular formula is C11H12ClNO5S. The van der Waals surface area contributed by atoms with E-state index >= 15 is 0 Å². The Morgan fingerprint density at radius 3 is 2.37 bits per heavy atom. The van der Waals surface area contributed by atoms with Crippen molar-refractivity contribution in [2.24, 2.45) is 0 Å². The Morgan fingerprint density at radius 2 is 1.95 bits per heavy atom. The molecule has 2 N–H and O–H groups in total. The standard InChI is InChI=1S/C11H12ClNO5S/c1-6-3-8(19(16,17)18)5-9(12)11(6)13-10(15)4-7(2)14/h3,5H,4H2,1-2H3,(H,13,15)(H,16,17,18). The van der Waals surface area contributed by atoms with E-state index in [0.717, 1.165) is 6.07 Å². The molecule has 6 nitrogen and oxygen atoms in total. The van der Waals surface area contributed by atoms with Crippen molar-refractivity contribution in [3.8, 4) is 0 Å². The smallest absolute Gasteiger partial charge is 0.294 e. The van der Waals surface area contributed by atoms with E-state index in [2.05, 4.69) is 5.32 Å². The van der Waals surface area contributed by atoms with Gasteiger partial charge in [-0.15, -0.1) is 0 Å². The molecule has 0 aromatic heterocycles. The van der Waals surface area contributed by atoms with Crippen LogP contribution in [-0.2, 0) is 19.7 Å². The van der Waals surface area contributed by atoms with E-state index in [9.17, 15) is 18.0 Å². The number of benzene rings is 1. The number of anilines is 1. The fraction of sp³-hybridized carbons (Fsp3) is 0.273. The third-order valence-corrected chi connectivity index (χ3v) is 3.36. The van der Waals surface area contributed by atoms with E-state index in [-0.39, 0.29) is 27.8 Å². The van der Waals surface area contributed by atoms with E-state index in [4.69, 9.17) is 16.2 Å². The van der Waals surface area contributed by atoms with Crippen LogP contribution in [0.1, 0.15) is 18.9 Å². The molecule has 0 radical (unpaired) electrons. The van der Waals surface area contributed by atoms with Gasteiger partial charge in [0.25, 0.3) is 10.1 Å². The summed E-state index contributed by atoms with van der Waals surface area (Å²) in [5, 5.41) is 2.38. The number of carbonyl (C=O) groups is 2. The summed E-state index contributed by atoms with van der Waals surface area (Å²) in [6.07, 6.45) is -0.296. The molecule has 1 aromatic rings. The number of halogens is 1. The normalized spacial score (nSPS) is 11.2. The van der Waals surface area contributed by atoms with Crippen molar-refractivity contribution < 1.29 is 22.6 Å². The van der Waals surface area contributed by atoms with Gasteiger partial charge in [-0.3, -0.25) is 14.1 Å². The Bertz CT molecular complexity index is 615. The van der Waals surface area contributed by atoms with Crippen molar-refractivity contribution in [1.82, 2.24) is 0 Å². The average molecular weight is 306 g/mol. The number of rotatable bonds is 4. The lowest BCUT2D eigenvalue weighted by molar-refractivity contribution is -0.124. The quantitative estimate of drug-likeness (QED) is 0.652. The highest BCUT2D eigenvalue weighted by Crippen LogP contribution is 2.29. The first-order chi connectivity index (χ1) is 8.61. The number of hydrogen-bond acceptors (Lipinski definition) is 4. The topological polar surface area (TPSA) is 101 Å². The van der Waals surface area contributed by atoms with Gasteiger partial charge in [0.05, 0.1) is 22.0 Å². The molecule has 1 aromatic carbocycles. The lowest BCUT2D eigenvalue weighted by atomic mass is 10.2. The van der Waals surface area contributed by atoms with Crippen LogP contribution in [0.2, 0.25) is 5.02 Å². The highest BCUT2D eigenvalue weighted by molar-refractivity contribution is 7.85. The van der Waals surface area contributed by atoms with Gasteiger partial charge in [-0.1, -0.05) is 11.6 Å². The first-order valence-corrected chi connectivity index (χ1v) is 7.00. The Labute approximate surface area is 115 Å². The maximum Gasteiger partial charge on any atom is 0.294 e. The summed E-state index contributed by atoms with van der Waals surface area (Å²) in [5.74, 6) is -0.849. The number of hydrogen-bond donors (Lipinski definition) is 2. The highest BCUT2D eigenvalue weighted by Gasteiger charge is 2.16. The zero-order valence-corrected chi connectivity index (χ0v) is 11.8. The summed E-state index contributed by atoms with van der Waals surface area (Å²) in [7, 11) is -4.36. The highest BCUT2D eigenvalue weighted by atomic mass is 35.5. The van der Waals surface area contributed by atoms with Gasteiger partial charge in [-0.25, -0.2) is 0 Å². The maximum absolute atomic E-state index is 11.5. The van der Waals surface area contributed by atoms with Crippen LogP contribution in [0.5, 0.6) is 0 Å². The van der Waals surface area contributed by atoms with Crippen LogP contribution < -0.4 is 5.32 Å². The minimum Gasteiger partial charge on any atom is -0.324 e. The minimum absolute atomic E-state index is 0.0375. The van der Waals surface area contributed by atoms with Gasteiger partial charge in [0.1, 0.15) is 5.78 Å². The second kappa shape index (κ2) is 5.68. The molecule has 0 unspecified atom stereocenters. The lowest BCUT2D eigenvalue weighted by Crippen LogP contribution is -2.16. The van der Waals surface area contributed by atoms with Gasteiger partial charge in [-0.05, 0) is 31.5 Å². The molecule has 0 heterocycles. The van der Waals surface area contributed by atoms with Crippen molar-refractivity contribution in [1.29, 1.82) is 0 Å². The van der Waals surface area contributed by atoms with Crippen molar-refractivity contribution in [3.63, 3.8) is 0 Å². The van der Waals surface area contributed by atoms with Crippen molar-refractivity contribution in [2.75, 3.05) is 5.32 Å². The molecular weight excluding hydrogens is 294 g/mol. The molecule has 0 saturated carbocycles. The number of ketones is 1. The molecule has 0 atom stereocenters. The molecule has 0 spiro atoms. The largest absolute Gasteiger partial charge is 0.324 e. The second-order valence-corrected chi connectivity index (χ2v) is 5.83. The summed E-state index contributed by atoms with van der Waals surface area (Å²) in [4.78, 5) is 21.9. The Hall–Kier alpha value is -1.44. The Morgan fingerprint density at radius 1 is 1.37 bits per heavy atom. The third kappa shape index (κ3) is 4.30. The number of amides is 1. The van der Waals surface area contributed by atoms with Crippen LogP contribution in [0.15, 0.2) is 17.0 Å². The lowest BCUT2D eigenvalue weighted by Gasteiger charge is -2.11. The zero-order valence-electron chi connectivity index (χ0n) is 10.2. The molecule has 0 saturated heterocycles. The second-order valence-electron chi connectivity index (χ2n) is 4.00. The fourth-order valence-corrected chi connectivity index (χ4v) is 2.40. The molecule has 1 rings (SSSR count). The molecule has 0 aliphatic heterocycles. The van der Waals surface area contributed by atoms with Crippen LogP contribution in [0, 0.1) is 6.92 Å². The summed E-state index contributed by atoms with van der Waals surface area (Å²) in [5.41, 5.74) is 0.567. The average Bonchev–Trinajstić information content (AvgIpc) is 2.20. The monoisotopic (exact) mass is 305 g/mol. The zero-order chi connectivity index (χ0) is 14.8. The van der Waals surface area contributed by atoms with Gasteiger partial charge < -0.3 is 5.32 Å². The van der Waals surface area contributed by atoms with Crippen LogP contribution >= 0.6 is 11.6 Å². The van der Waals surface area contributed by atoms with E-state index in [0.29, 0.717) is 5.56 Å². The first-order valence-electron chi connectivity index (χ1n) is 5.18. The van der Waals surface area contributed by atoms with Crippen LogP contribution in [0.4, 0.5) is 5.69 Å². The summed E-state index contributed by atoms with van der Waals surface area (Å²) in [6, 6.07) is 2.19. The summed E-state index contributed by atoms with van der Waals surface area (Å²) >= 11 is 5.85. The van der Waals surface area contributed by atoms with E-state index < -0.39 is 16.0 Å². The Kier molecular flexibility index (Phi) is 4.67. The molecule has 0 aliphatic rings. The Balaban J connectivity index is 3.11. The molecule has 0 aliphatic carbocycles.